The second-order valence-corrected chi connectivity index (χ2v) is 5.36. The van der Waals surface area contributed by atoms with Gasteiger partial charge in [-0.2, -0.15) is 5.21 Å². The minimum Gasteiger partial charge on any atom is -0.358 e. The molecule has 5 nitrogen and oxygen atoms in total. The highest BCUT2D eigenvalue weighted by molar-refractivity contribution is 6.31. The Morgan fingerprint density at radius 3 is 3.11 bits per heavy atom. The summed E-state index contributed by atoms with van der Waals surface area (Å²) in [5.74, 6) is 0.965. The number of hydrogen-bond donors (Lipinski definition) is 2. The molecule has 0 saturated carbocycles. The number of rotatable bonds is 1. The second-order valence-electron chi connectivity index (χ2n) is 4.92. The van der Waals surface area contributed by atoms with Gasteiger partial charge >= 0.3 is 0 Å². The minimum atomic E-state index is 0.202. The van der Waals surface area contributed by atoms with E-state index in [1.807, 2.05) is 18.2 Å². The molecule has 3 aromatic rings. The van der Waals surface area contributed by atoms with Crippen molar-refractivity contribution in [2.24, 2.45) is 0 Å². The van der Waals surface area contributed by atoms with E-state index < -0.39 is 0 Å². The van der Waals surface area contributed by atoms with E-state index in [1.54, 1.807) is 0 Å². The molecule has 0 saturated heterocycles. The third kappa shape index (κ3) is 1.65. The normalized spacial score (nSPS) is 18.7. The smallest absolute Gasteiger partial charge is 0.183 e. The number of tetrazole rings is 1. The summed E-state index contributed by atoms with van der Waals surface area (Å²) in [6.45, 7) is 0. The maximum Gasteiger partial charge on any atom is 0.183 e. The van der Waals surface area contributed by atoms with Gasteiger partial charge in [0.2, 0.25) is 0 Å². The topological polar surface area (TPSA) is 70.2 Å². The fourth-order valence-electron chi connectivity index (χ4n) is 3.01. The van der Waals surface area contributed by atoms with Gasteiger partial charge in [-0.25, -0.2) is 0 Å². The molecule has 19 heavy (non-hydrogen) atoms. The van der Waals surface area contributed by atoms with Crippen LogP contribution in [0.1, 0.15) is 35.8 Å². The van der Waals surface area contributed by atoms with E-state index in [1.165, 1.54) is 16.6 Å². The average Bonchev–Trinajstić information content (AvgIpc) is 3.05. The molecule has 1 atom stereocenters. The number of H-pyrrole nitrogens is 2. The van der Waals surface area contributed by atoms with Gasteiger partial charge in [0.1, 0.15) is 0 Å². The SMILES string of the molecule is Clc1ccc2[nH]c3c(c2c1)CCCC3c1nn[nH]n1. The van der Waals surface area contributed by atoms with Crippen LogP contribution in [0.3, 0.4) is 0 Å². The van der Waals surface area contributed by atoms with Crippen molar-refractivity contribution in [2.75, 3.05) is 0 Å². The first-order valence-electron chi connectivity index (χ1n) is 6.36. The summed E-state index contributed by atoms with van der Waals surface area (Å²) in [7, 11) is 0. The molecule has 1 aliphatic rings. The number of hydrogen-bond acceptors (Lipinski definition) is 3. The van der Waals surface area contributed by atoms with Gasteiger partial charge in [0.05, 0.1) is 5.92 Å². The molecule has 2 heterocycles. The van der Waals surface area contributed by atoms with Crippen molar-refractivity contribution in [3.05, 3.63) is 40.3 Å². The predicted octanol–water partition coefficient (Wildman–Crippen LogP) is 2.80. The first kappa shape index (κ1) is 11.0. The summed E-state index contributed by atoms with van der Waals surface area (Å²) < 4.78 is 0. The van der Waals surface area contributed by atoms with Gasteiger partial charge in [0, 0.05) is 21.6 Å². The first-order valence-corrected chi connectivity index (χ1v) is 6.74. The van der Waals surface area contributed by atoms with Gasteiger partial charge in [-0.3, -0.25) is 0 Å². The minimum absolute atomic E-state index is 0.202. The Bertz CT molecular complexity index is 731. The molecule has 1 aliphatic carbocycles. The third-order valence-electron chi connectivity index (χ3n) is 3.84. The third-order valence-corrected chi connectivity index (χ3v) is 4.08. The number of aromatic nitrogens is 5. The number of benzene rings is 1. The van der Waals surface area contributed by atoms with Crippen LogP contribution < -0.4 is 0 Å². The van der Waals surface area contributed by atoms with Crippen molar-refractivity contribution >= 4 is 22.5 Å². The lowest BCUT2D eigenvalue weighted by Crippen LogP contribution is -2.12. The molecule has 0 spiro atoms. The van der Waals surface area contributed by atoms with Crippen LogP contribution in [0.15, 0.2) is 18.2 Å². The van der Waals surface area contributed by atoms with Crippen LogP contribution >= 0.6 is 11.6 Å². The first-order chi connectivity index (χ1) is 9.33. The summed E-state index contributed by atoms with van der Waals surface area (Å²) in [5, 5.41) is 16.5. The molecule has 0 radical (unpaired) electrons. The van der Waals surface area contributed by atoms with Crippen molar-refractivity contribution < 1.29 is 0 Å². The number of aromatic amines is 2. The molecule has 0 bridgehead atoms. The van der Waals surface area contributed by atoms with Gasteiger partial charge < -0.3 is 4.98 Å². The quantitative estimate of drug-likeness (QED) is 0.716. The van der Waals surface area contributed by atoms with Crippen LogP contribution in [-0.2, 0) is 6.42 Å². The molecule has 6 heteroatoms. The van der Waals surface area contributed by atoms with E-state index in [9.17, 15) is 0 Å². The van der Waals surface area contributed by atoms with E-state index in [0.29, 0.717) is 0 Å². The summed E-state index contributed by atoms with van der Waals surface area (Å²) in [5.41, 5.74) is 3.69. The van der Waals surface area contributed by atoms with E-state index in [0.717, 1.165) is 35.6 Å². The van der Waals surface area contributed by atoms with Gasteiger partial charge in [-0.1, -0.05) is 16.8 Å². The fraction of sp³-hybridized carbons (Fsp3) is 0.308. The van der Waals surface area contributed by atoms with Gasteiger partial charge in [-0.05, 0) is 43.0 Å². The summed E-state index contributed by atoms with van der Waals surface area (Å²) in [6.07, 6.45) is 3.25. The zero-order valence-corrected chi connectivity index (χ0v) is 10.9. The summed E-state index contributed by atoms with van der Waals surface area (Å²) in [6, 6.07) is 5.98. The maximum absolute atomic E-state index is 6.10. The van der Waals surface area contributed by atoms with Gasteiger partial charge in [-0.15, -0.1) is 10.2 Å². The zero-order valence-electron chi connectivity index (χ0n) is 10.2. The Hall–Kier alpha value is -1.88. The fourth-order valence-corrected chi connectivity index (χ4v) is 3.18. The molecule has 96 valence electrons. The van der Waals surface area contributed by atoms with Crippen molar-refractivity contribution in [3.8, 4) is 0 Å². The van der Waals surface area contributed by atoms with Crippen LogP contribution in [-0.4, -0.2) is 25.6 Å². The van der Waals surface area contributed by atoms with E-state index in [-0.39, 0.29) is 5.92 Å². The lowest BCUT2D eigenvalue weighted by molar-refractivity contribution is 0.583. The van der Waals surface area contributed by atoms with Crippen molar-refractivity contribution in [2.45, 2.75) is 25.2 Å². The van der Waals surface area contributed by atoms with Gasteiger partial charge in [0.15, 0.2) is 5.82 Å². The number of nitrogens with zero attached hydrogens (tertiary/aromatic N) is 3. The number of fused-ring (bicyclic) bond motifs is 3. The highest BCUT2D eigenvalue weighted by Crippen LogP contribution is 2.38. The molecular weight excluding hydrogens is 262 g/mol. The van der Waals surface area contributed by atoms with E-state index >= 15 is 0 Å². The van der Waals surface area contributed by atoms with Crippen LogP contribution in [0.4, 0.5) is 0 Å². The average molecular weight is 274 g/mol. The Kier molecular flexibility index (Phi) is 2.35. The number of nitrogens with one attached hydrogen (secondary N) is 2. The second kappa shape index (κ2) is 4.06. The monoisotopic (exact) mass is 273 g/mol. The number of halogens is 1. The molecular formula is C13H12ClN5. The molecule has 1 unspecified atom stereocenters. The number of aryl methyl sites for hydroxylation is 1. The summed E-state index contributed by atoms with van der Waals surface area (Å²) >= 11 is 6.10. The lowest BCUT2D eigenvalue weighted by atomic mass is 9.86. The van der Waals surface area contributed by atoms with E-state index in [2.05, 4.69) is 25.6 Å². The van der Waals surface area contributed by atoms with Crippen LogP contribution in [0.2, 0.25) is 5.02 Å². The molecule has 2 aromatic heterocycles. The molecule has 1 aromatic carbocycles. The molecule has 0 amide bonds. The van der Waals surface area contributed by atoms with E-state index in [4.69, 9.17) is 11.6 Å². The van der Waals surface area contributed by atoms with Crippen molar-refractivity contribution in [3.63, 3.8) is 0 Å². The standard InChI is InChI=1S/C13H12ClN5/c14-7-4-5-11-10(6-7)8-2-1-3-9(12(8)15-11)13-16-18-19-17-13/h4-6,9,15H,1-3H2,(H,16,17,18,19). The van der Waals surface area contributed by atoms with Gasteiger partial charge in [0.25, 0.3) is 0 Å². The van der Waals surface area contributed by atoms with Crippen molar-refractivity contribution in [1.82, 2.24) is 25.6 Å². The molecule has 4 rings (SSSR count). The highest BCUT2D eigenvalue weighted by atomic mass is 35.5. The molecule has 0 aliphatic heterocycles. The maximum atomic E-state index is 6.10. The van der Waals surface area contributed by atoms with Crippen LogP contribution in [0, 0.1) is 0 Å². The van der Waals surface area contributed by atoms with Crippen molar-refractivity contribution in [1.29, 1.82) is 0 Å². The largest absolute Gasteiger partial charge is 0.358 e. The zero-order chi connectivity index (χ0) is 12.8. The molecule has 2 N–H and O–H groups in total. The Morgan fingerprint density at radius 2 is 2.26 bits per heavy atom. The summed E-state index contributed by atoms with van der Waals surface area (Å²) in [4.78, 5) is 3.50. The Labute approximate surface area is 114 Å². The van der Waals surface area contributed by atoms with Crippen LogP contribution in [0.5, 0.6) is 0 Å². The Balaban J connectivity index is 1.94. The lowest BCUT2D eigenvalue weighted by Gasteiger charge is -2.19. The van der Waals surface area contributed by atoms with Crippen LogP contribution in [0.25, 0.3) is 10.9 Å². The predicted molar refractivity (Wildman–Crippen MR) is 72.3 cm³/mol. The highest BCUT2D eigenvalue weighted by Gasteiger charge is 2.28. The molecule has 0 fully saturated rings. The Morgan fingerprint density at radius 1 is 1.32 bits per heavy atom.